The number of halogens is 2. The van der Waals surface area contributed by atoms with E-state index in [-0.39, 0.29) is 22.0 Å². The van der Waals surface area contributed by atoms with Crippen molar-refractivity contribution in [1.29, 1.82) is 0 Å². The Kier molecular flexibility index (Phi) is 7.35. The summed E-state index contributed by atoms with van der Waals surface area (Å²) >= 11 is 11.9. The molecule has 0 aromatic heterocycles. The molecule has 1 saturated heterocycles. The van der Waals surface area contributed by atoms with Crippen LogP contribution in [-0.2, 0) is 9.53 Å². The largest absolute Gasteiger partial charge is 0.452 e. The minimum Gasteiger partial charge on any atom is -0.452 e. The summed E-state index contributed by atoms with van der Waals surface area (Å²) in [5, 5.41) is 14.7. The zero-order valence-electron chi connectivity index (χ0n) is 16.8. The molecule has 164 valence electrons. The molecule has 0 saturated carbocycles. The van der Waals surface area contributed by atoms with Gasteiger partial charge in [0.05, 0.1) is 21.2 Å². The molecule has 1 heterocycles. The first-order chi connectivity index (χ1) is 14.7. The Morgan fingerprint density at radius 2 is 2.03 bits per heavy atom. The molecular weight excluding hydrogens is 445 g/mol. The number of anilines is 2. The molecule has 2 aromatic carbocycles. The maximum atomic E-state index is 12.4. The normalized spacial score (nSPS) is 16.0. The van der Waals surface area contributed by atoms with Gasteiger partial charge in [0.2, 0.25) is 0 Å². The van der Waals surface area contributed by atoms with Gasteiger partial charge in [-0.05, 0) is 49.1 Å². The third-order valence-electron chi connectivity index (χ3n) is 4.94. The number of nitrogens with one attached hydrogen (secondary N) is 1. The van der Waals surface area contributed by atoms with Crippen LogP contribution in [0, 0.1) is 16.0 Å². The minimum atomic E-state index is -0.839. The van der Waals surface area contributed by atoms with Crippen molar-refractivity contribution in [2.45, 2.75) is 19.8 Å². The first kappa shape index (κ1) is 22.8. The number of benzene rings is 2. The molecule has 3 rings (SSSR count). The molecule has 2 aromatic rings. The molecule has 1 fully saturated rings. The van der Waals surface area contributed by atoms with Gasteiger partial charge >= 0.3 is 5.97 Å². The van der Waals surface area contributed by atoms with Crippen LogP contribution in [0.1, 0.15) is 30.1 Å². The van der Waals surface area contributed by atoms with E-state index in [4.69, 9.17) is 27.9 Å². The van der Waals surface area contributed by atoms with Crippen LogP contribution in [0.25, 0.3) is 0 Å². The van der Waals surface area contributed by atoms with Gasteiger partial charge in [-0.1, -0.05) is 30.1 Å². The van der Waals surface area contributed by atoms with Crippen LogP contribution < -0.4 is 10.2 Å². The number of nitrogens with zero attached hydrogens (tertiary/aromatic N) is 2. The van der Waals surface area contributed by atoms with Gasteiger partial charge in [0.25, 0.3) is 11.6 Å². The second-order valence-corrected chi connectivity index (χ2v) is 8.25. The topological polar surface area (TPSA) is 102 Å². The molecule has 31 heavy (non-hydrogen) atoms. The Balaban J connectivity index is 1.67. The summed E-state index contributed by atoms with van der Waals surface area (Å²) in [4.78, 5) is 37.5. The first-order valence-corrected chi connectivity index (χ1v) is 10.5. The third-order valence-corrected chi connectivity index (χ3v) is 5.51. The van der Waals surface area contributed by atoms with Crippen LogP contribution >= 0.6 is 23.2 Å². The highest BCUT2D eigenvalue weighted by Crippen LogP contribution is 2.32. The Bertz CT molecular complexity index is 1010. The predicted molar refractivity (Wildman–Crippen MR) is 119 cm³/mol. The van der Waals surface area contributed by atoms with E-state index in [0.29, 0.717) is 16.6 Å². The van der Waals surface area contributed by atoms with Crippen LogP contribution in [0.5, 0.6) is 0 Å². The monoisotopic (exact) mass is 465 g/mol. The molecule has 1 aliphatic heterocycles. The van der Waals surface area contributed by atoms with Gasteiger partial charge in [0, 0.05) is 24.2 Å². The molecule has 0 spiro atoms. The number of carbonyl (C=O) groups excluding carboxylic acids is 2. The van der Waals surface area contributed by atoms with E-state index in [1.165, 1.54) is 24.3 Å². The van der Waals surface area contributed by atoms with Gasteiger partial charge in [-0.2, -0.15) is 0 Å². The zero-order chi connectivity index (χ0) is 22.5. The summed E-state index contributed by atoms with van der Waals surface area (Å²) in [6.07, 6.45) is 2.03. The average molecular weight is 466 g/mol. The summed E-state index contributed by atoms with van der Waals surface area (Å²) in [5.41, 5.74) is 0.584. The first-order valence-electron chi connectivity index (χ1n) is 9.70. The summed E-state index contributed by atoms with van der Waals surface area (Å²) in [5.74, 6) is -1.02. The number of nitro groups is 1. The third kappa shape index (κ3) is 5.86. The highest BCUT2D eigenvalue weighted by Gasteiger charge is 2.25. The number of hydrogen-bond donors (Lipinski definition) is 1. The van der Waals surface area contributed by atoms with Crippen LogP contribution in [0.4, 0.5) is 17.1 Å². The van der Waals surface area contributed by atoms with Crippen molar-refractivity contribution in [3.05, 3.63) is 62.1 Å². The number of amides is 1. The second-order valence-electron chi connectivity index (χ2n) is 7.40. The molecule has 0 unspecified atom stereocenters. The van der Waals surface area contributed by atoms with E-state index in [2.05, 4.69) is 12.2 Å². The second kappa shape index (κ2) is 9.98. The Morgan fingerprint density at radius 1 is 1.26 bits per heavy atom. The standard InChI is InChI=1S/C21H21Cl2N3O5/c1-13-3-2-8-25(11-13)18-7-4-14(9-19(18)26(29)30)21(28)31-12-20(27)24-17-10-15(22)5-6-16(17)23/h4-7,9-10,13H,2-3,8,11-12H2,1H3,(H,24,27)/t13-/m1/s1. The van der Waals surface area contributed by atoms with E-state index >= 15 is 0 Å². The molecule has 0 radical (unpaired) electrons. The molecule has 10 heteroatoms. The van der Waals surface area contributed by atoms with E-state index < -0.39 is 23.4 Å². The molecule has 1 N–H and O–H groups in total. The van der Waals surface area contributed by atoms with Crippen molar-refractivity contribution in [3.63, 3.8) is 0 Å². The maximum Gasteiger partial charge on any atom is 0.338 e. The predicted octanol–water partition coefficient (Wildman–Crippen LogP) is 4.93. The highest BCUT2D eigenvalue weighted by atomic mass is 35.5. The molecule has 0 aliphatic carbocycles. The smallest absolute Gasteiger partial charge is 0.338 e. The lowest BCUT2D eigenvalue weighted by atomic mass is 9.99. The van der Waals surface area contributed by atoms with Gasteiger partial charge in [-0.15, -0.1) is 0 Å². The van der Waals surface area contributed by atoms with E-state index in [1.54, 1.807) is 12.1 Å². The Labute approximate surface area is 189 Å². The van der Waals surface area contributed by atoms with Gasteiger partial charge in [0.1, 0.15) is 5.69 Å². The summed E-state index contributed by atoms with van der Waals surface area (Å²) < 4.78 is 5.01. The molecule has 1 aliphatic rings. The Morgan fingerprint density at radius 3 is 2.74 bits per heavy atom. The highest BCUT2D eigenvalue weighted by molar-refractivity contribution is 6.35. The fourth-order valence-electron chi connectivity index (χ4n) is 3.47. The lowest BCUT2D eigenvalue weighted by molar-refractivity contribution is -0.384. The Hall–Kier alpha value is -2.84. The van der Waals surface area contributed by atoms with E-state index in [1.807, 2.05) is 4.90 Å². The quantitative estimate of drug-likeness (QED) is 0.368. The van der Waals surface area contributed by atoms with E-state index in [0.717, 1.165) is 25.9 Å². The number of nitro benzene ring substituents is 1. The number of piperidine rings is 1. The van der Waals surface area contributed by atoms with Crippen LogP contribution in [0.15, 0.2) is 36.4 Å². The van der Waals surface area contributed by atoms with Crippen molar-refractivity contribution in [2.75, 3.05) is 29.9 Å². The number of carbonyl (C=O) groups is 2. The molecular formula is C21H21Cl2N3O5. The van der Waals surface area contributed by atoms with Crippen LogP contribution in [0.3, 0.4) is 0 Å². The van der Waals surface area contributed by atoms with E-state index in [9.17, 15) is 19.7 Å². The van der Waals surface area contributed by atoms with Gasteiger partial charge in [-0.25, -0.2) is 4.79 Å². The van der Waals surface area contributed by atoms with Crippen LogP contribution in [0.2, 0.25) is 10.0 Å². The number of rotatable bonds is 6. The molecule has 8 nitrogen and oxygen atoms in total. The van der Waals surface area contributed by atoms with Crippen molar-refractivity contribution in [3.8, 4) is 0 Å². The fourth-order valence-corrected chi connectivity index (χ4v) is 3.80. The van der Waals surface area contributed by atoms with Crippen LogP contribution in [-0.4, -0.2) is 36.5 Å². The maximum absolute atomic E-state index is 12.4. The average Bonchev–Trinajstić information content (AvgIpc) is 2.74. The van der Waals surface area contributed by atoms with Gasteiger partial charge in [0.15, 0.2) is 6.61 Å². The van der Waals surface area contributed by atoms with Gasteiger partial charge < -0.3 is 15.0 Å². The lowest BCUT2D eigenvalue weighted by Crippen LogP contribution is -2.34. The minimum absolute atomic E-state index is 0.00547. The SMILES string of the molecule is C[C@@H]1CCCN(c2ccc(C(=O)OCC(=O)Nc3cc(Cl)ccc3Cl)cc2[N+](=O)[O-])C1. The van der Waals surface area contributed by atoms with Crippen molar-refractivity contribution >= 4 is 52.1 Å². The number of hydrogen-bond acceptors (Lipinski definition) is 6. The summed E-state index contributed by atoms with van der Waals surface area (Å²) in [6.45, 7) is 2.96. The van der Waals surface area contributed by atoms with Crippen molar-refractivity contribution < 1.29 is 19.2 Å². The van der Waals surface area contributed by atoms with Crippen molar-refractivity contribution in [1.82, 2.24) is 0 Å². The molecule has 0 bridgehead atoms. The van der Waals surface area contributed by atoms with Crippen molar-refractivity contribution in [2.24, 2.45) is 5.92 Å². The fraction of sp³-hybridized carbons (Fsp3) is 0.333. The summed E-state index contributed by atoms with van der Waals surface area (Å²) in [6, 6.07) is 8.76. The molecule has 1 amide bonds. The lowest BCUT2D eigenvalue weighted by Gasteiger charge is -2.32. The number of esters is 1. The summed E-state index contributed by atoms with van der Waals surface area (Å²) in [7, 11) is 0. The molecule has 1 atom stereocenters. The zero-order valence-corrected chi connectivity index (χ0v) is 18.3. The number of ether oxygens (including phenoxy) is 1. The van der Waals surface area contributed by atoms with Gasteiger partial charge in [-0.3, -0.25) is 14.9 Å².